The minimum absolute atomic E-state index is 0.0292. The highest BCUT2D eigenvalue weighted by Crippen LogP contribution is 2.19. The Morgan fingerprint density at radius 3 is 1.81 bits per heavy atom. The first-order valence-electron chi connectivity index (χ1n) is 9.63. The zero-order valence-corrected chi connectivity index (χ0v) is 18.1. The Labute approximate surface area is 182 Å². The van der Waals surface area contributed by atoms with Gasteiger partial charge in [-0.3, -0.25) is 9.59 Å². The quantitative estimate of drug-likeness (QED) is 0.476. The number of ketones is 2. The molecule has 3 aromatic carbocycles. The Hall–Kier alpha value is -3.29. The zero-order chi connectivity index (χ0) is 22.4. The molecule has 0 aromatic heterocycles. The molecule has 0 unspecified atom stereocenters. The van der Waals surface area contributed by atoms with Crippen molar-refractivity contribution in [1.82, 2.24) is 4.31 Å². The molecule has 0 saturated carbocycles. The van der Waals surface area contributed by atoms with Crippen LogP contribution >= 0.6 is 0 Å². The monoisotopic (exact) mass is 437 g/mol. The molecule has 0 aliphatic carbocycles. The van der Waals surface area contributed by atoms with E-state index in [2.05, 4.69) is 0 Å². The average molecular weight is 438 g/mol. The lowest BCUT2D eigenvalue weighted by Crippen LogP contribution is -2.39. The fraction of sp³-hybridized carbons (Fsp3) is 0.167. The van der Waals surface area contributed by atoms with Crippen LogP contribution in [-0.4, -0.2) is 44.5 Å². The van der Waals surface area contributed by atoms with Crippen molar-refractivity contribution in [2.45, 2.75) is 11.8 Å². The lowest BCUT2D eigenvalue weighted by atomic mass is 10.1. The molecule has 0 bridgehead atoms. The second-order valence-corrected chi connectivity index (χ2v) is 8.96. The minimum Gasteiger partial charge on any atom is -0.497 e. The van der Waals surface area contributed by atoms with Crippen molar-refractivity contribution in [3.8, 4) is 5.75 Å². The van der Waals surface area contributed by atoms with Crippen molar-refractivity contribution >= 4 is 21.6 Å². The van der Waals surface area contributed by atoms with Crippen LogP contribution in [0.3, 0.4) is 0 Å². The van der Waals surface area contributed by atoms with Gasteiger partial charge in [-0.1, -0.05) is 48.0 Å². The van der Waals surface area contributed by atoms with Crippen LogP contribution in [0.4, 0.5) is 0 Å². The van der Waals surface area contributed by atoms with E-state index in [0.29, 0.717) is 16.9 Å². The third-order valence-corrected chi connectivity index (χ3v) is 6.61. The smallest absolute Gasteiger partial charge is 0.243 e. The number of carbonyl (C=O) groups is 2. The number of nitrogens with zero attached hydrogens (tertiary/aromatic N) is 1. The number of methoxy groups -OCH3 is 1. The fourth-order valence-electron chi connectivity index (χ4n) is 2.99. The SMILES string of the molecule is COc1ccc(C(=O)CN(CC(=O)c2ccccc2)S(=O)(=O)c2ccc(C)cc2)cc1. The van der Waals surface area contributed by atoms with Gasteiger partial charge in [0.1, 0.15) is 5.75 Å². The number of ether oxygens (including phenoxy) is 1. The van der Waals surface area contributed by atoms with E-state index in [1.165, 1.54) is 19.2 Å². The van der Waals surface area contributed by atoms with Gasteiger partial charge in [0, 0.05) is 11.1 Å². The fourth-order valence-corrected chi connectivity index (χ4v) is 4.34. The van der Waals surface area contributed by atoms with Gasteiger partial charge in [-0.15, -0.1) is 0 Å². The molecule has 160 valence electrons. The molecular weight excluding hydrogens is 414 g/mol. The van der Waals surface area contributed by atoms with E-state index >= 15 is 0 Å². The summed E-state index contributed by atoms with van der Waals surface area (Å²) < 4.78 is 32.6. The predicted molar refractivity (Wildman–Crippen MR) is 118 cm³/mol. The maximum atomic E-state index is 13.3. The summed E-state index contributed by atoms with van der Waals surface area (Å²) in [5.41, 5.74) is 1.61. The third kappa shape index (κ3) is 5.45. The first kappa shape index (κ1) is 22.4. The number of rotatable bonds is 9. The summed E-state index contributed by atoms with van der Waals surface area (Å²) in [6, 6.07) is 21.1. The number of aryl methyl sites for hydroxylation is 1. The molecule has 0 aliphatic rings. The van der Waals surface area contributed by atoms with Gasteiger partial charge < -0.3 is 4.74 Å². The van der Waals surface area contributed by atoms with Gasteiger partial charge in [0.2, 0.25) is 10.0 Å². The van der Waals surface area contributed by atoms with E-state index in [4.69, 9.17) is 4.74 Å². The highest BCUT2D eigenvalue weighted by Gasteiger charge is 2.29. The molecule has 0 N–H and O–H groups in total. The van der Waals surface area contributed by atoms with Gasteiger partial charge in [0.25, 0.3) is 0 Å². The third-order valence-electron chi connectivity index (χ3n) is 4.81. The molecule has 0 radical (unpaired) electrons. The lowest BCUT2D eigenvalue weighted by molar-refractivity contribution is 0.0927. The molecule has 0 aliphatic heterocycles. The van der Waals surface area contributed by atoms with Gasteiger partial charge in [-0.25, -0.2) is 8.42 Å². The molecule has 3 aromatic rings. The lowest BCUT2D eigenvalue weighted by Gasteiger charge is -2.21. The highest BCUT2D eigenvalue weighted by atomic mass is 32.2. The van der Waals surface area contributed by atoms with Gasteiger partial charge in [0.15, 0.2) is 11.6 Å². The van der Waals surface area contributed by atoms with Crippen molar-refractivity contribution in [3.05, 3.63) is 95.6 Å². The van der Waals surface area contributed by atoms with E-state index in [1.807, 2.05) is 6.92 Å². The minimum atomic E-state index is -4.07. The summed E-state index contributed by atoms with van der Waals surface area (Å²) in [6.07, 6.45) is 0. The Kier molecular flexibility index (Phi) is 6.99. The molecule has 3 rings (SSSR count). The maximum Gasteiger partial charge on any atom is 0.243 e. The molecule has 0 spiro atoms. The molecule has 0 saturated heterocycles. The molecule has 0 heterocycles. The average Bonchev–Trinajstić information content (AvgIpc) is 2.79. The van der Waals surface area contributed by atoms with Gasteiger partial charge in [-0.2, -0.15) is 4.31 Å². The Morgan fingerprint density at radius 1 is 0.774 bits per heavy atom. The molecule has 31 heavy (non-hydrogen) atoms. The Bertz CT molecular complexity index is 1150. The standard InChI is InChI=1S/C24H23NO5S/c1-18-8-14-22(15-9-18)31(28,29)25(16-23(26)19-6-4-3-5-7-19)17-24(27)20-10-12-21(30-2)13-11-20/h3-15H,16-17H2,1-2H3. The van der Waals surface area contributed by atoms with Crippen LogP contribution in [-0.2, 0) is 10.0 Å². The van der Waals surface area contributed by atoms with Crippen LogP contribution in [0.25, 0.3) is 0 Å². The number of hydrogen-bond acceptors (Lipinski definition) is 5. The summed E-state index contributed by atoms with van der Waals surface area (Å²) in [7, 11) is -2.55. The molecule has 0 fully saturated rings. The molecular formula is C24H23NO5S. The summed E-state index contributed by atoms with van der Waals surface area (Å²) in [5.74, 6) is -0.224. The van der Waals surface area contributed by atoms with E-state index < -0.39 is 28.9 Å². The Balaban J connectivity index is 1.91. The summed E-state index contributed by atoms with van der Waals surface area (Å²) >= 11 is 0. The largest absolute Gasteiger partial charge is 0.497 e. The normalized spacial score (nSPS) is 11.3. The van der Waals surface area contributed by atoms with E-state index in [1.54, 1.807) is 66.7 Å². The van der Waals surface area contributed by atoms with E-state index in [-0.39, 0.29) is 10.7 Å². The van der Waals surface area contributed by atoms with Gasteiger partial charge in [-0.05, 0) is 43.3 Å². The van der Waals surface area contributed by atoms with Crippen LogP contribution in [0.5, 0.6) is 5.75 Å². The number of hydrogen-bond donors (Lipinski definition) is 0. The van der Waals surface area contributed by atoms with E-state index in [9.17, 15) is 18.0 Å². The van der Waals surface area contributed by atoms with Crippen molar-refractivity contribution in [3.63, 3.8) is 0 Å². The summed E-state index contributed by atoms with van der Waals surface area (Å²) in [5, 5.41) is 0. The van der Waals surface area contributed by atoms with Crippen LogP contribution in [0.15, 0.2) is 83.8 Å². The van der Waals surface area contributed by atoms with Crippen LogP contribution in [0.1, 0.15) is 26.3 Å². The predicted octanol–water partition coefficient (Wildman–Crippen LogP) is 3.76. The van der Waals surface area contributed by atoms with Gasteiger partial charge >= 0.3 is 0 Å². The van der Waals surface area contributed by atoms with Crippen LogP contribution in [0.2, 0.25) is 0 Å². The number of Topliss-reactive ketones (excluding diaryl/α,β-unsaturated/α-hetero) is 2. The first-order chi connectivity index (χ1) is 14.8. The number of carbonyl (C=O) groups excluding carboxylic acids is 2. The van der Waals surface area contributed by atoms with Gasteiger partial charge in [0.05, 0.1) is 25.1 Å². The van der Waals surface area contributed by atoms with E-state index in [0.717, 1.165) is 9.87 Å². The molecule has 0 atom stereocenters. The van der Waals surface area contributed by atoms with Crippen molar-refractivity contribution in [2.24, 2.45) is 0 Å². The second-order valence-electron chi connectivity index (χ2n) is 7.03. The maximum absolute atomic E-state index is 13.3. The van der Waals surface area contributed by atoms with Crippen molar-refractivity contribution in [2.75, 3.05) is 20.2 Å². The molecule has 6 nitrogen and oxygen atoms in total. The number of benzene rings is 3. The van der Waals surface area contributed by atoms with Crippen molar-refractivity contribution < 1.29 is 22.7 Å². The number of sulfonamides is 1. The molecule has 7 heteroatoms. The molecule has 0 amide bonds. The van der Waals surface area contributed by atoms with Crippen LogP contribution in [0, 0.1) is 6.92 Å². The highest BCUT2D eigenvalue weighted by molar-refractivity contribution is 7.89. The van der Waals surface area contributed by atoms with Crippen LogP contribution < -0.4 is 4.74 Å². The second kappa shape index (κ2) is 9.68. The zero-order valence-electron chi connectivity index (χ0n) is 17.3. The first-order valence-corrected chi connectivity index (χ1v) is 11.1. The Morgan fingerprint density at radius 2 is 1.29 bits per heavy atom. The summed E-state index contributed by atoms with van der Waals surface area (Å²) in [4.78, 5) is 25.6. The van der Waals surface area contributed by atoms with Crippen molar-refractivity contribution in [1.29, 1.82) is 0 Å². The topological polar surface area (TPSA) is 80.8 Å². The summed E-state index contributed by atoms with van der Waals surface area (Å²) in [6.45, 7) is 0.948.